The maximum atomic E-state index is 8.65. The smallest absolute Gasteiger partial charge is 0.123 e. The standard InChI is InChI=1S/C16H16O2S/c1-12-5-6-13(2)16(10-12)18-11-15-8-7-14(19-15)4-3-9-17/h5-8,10,17H,9,11H2,1-2H3. The molecule has 2 nitrogen and oxygen atoms in total. The van der Waals surface area contributed by atoms with Gasteiger partial charge in [-0.25, -0.2) is 0 Å². The van der Waals surface area contributed by atoms with Crippen LogP contribution in [0.3, 0.4) is 0 Å². The van der Waals surface area contributed by atoms with E-state index < -0.39 is 0 Å². The molecule has 0 aliphatic carbocycles. The highest BCUT2D eigenvalue weighted by Crippen LogP contribution is 2.22. The second kappa shape index (κ2) is 6.42. The highest BCUT2D eigenvalue weighted by molar-refractivity contribution is 7.12. The number of hydrogen-bond donors (Lipinski definition) is 1. The lowest BCUT2D eigenvalue weighted by molar-refractivity contribution is 0.307. The van der Waals surface area contributed by atoms with Crippen molar-refractivity contribution in [2.45, 2.75) is 20.5 Å². The van der Waals surface area contributed by atoms with Crippen molar-refractivity contribution in [3.05, 3.63) is 51.2 Å². The van der Waals surface area contributed by atoms with Gasteiger partial charge in [-0.05, 0) is 43.2 Å². The molecule has 1 N–H and O–H groups in total. The molecule has 1 heterocycles. The summed E-state index contributed by atoms with van der Waals surface area (Å²) in [6.07, 6.45) is 0. The highest BCUT2D eigenvalue weighted by Gasteiger charge is 2.02. The third-order valence-corrected chi connectivity index (χ3v) is 3.64. The third-order valence-electron chi connectivity index (χ3n) is 2.67. The third kappa shape index (κ3) is 3.85. The summed E-state index contributed by atoms with van der Waals surface area (Å²) in [7, 11) is 0. The minimum atomic E-state index is -0.105. The number of aryl methyl sites for hydroxylation is 2. The highest BCUT2D eigenvalue weighted by atomic mass is 32.1. The molecule has 0 unspecified atom stereocenters. The van der Waals surface area contributed by atoms with Gasteiger partial charge >= 0.3 is 0 Å². The second-order valence-electron chi connectivity index (χ2n) is 4.28. The molecule has 0 radical (unpaired) electrons. The first-order valence-corrected chi connectivity index (χ1v) is 6.89. The molecule has 98 valence electrons. The lowest BCUT2D eigenvalue weighted by Crippen LogP contribution is -1.95. The average Bonchev–Trinajstić information content (AvgIpc) is 2.85. The van der Waals surface area contributed by atoms with E-state index in [1.165, 1.54) is 5.56 Å². The van der Waals surface area contributed by atoms with Crippen molar-refractivity contribution in [3.8, 4) is 17.6 Å². The molecule has 0 saturated carbocycles. The van der Waals surface area contributed by atoms with Crippen molar-refractivity contribution >= 4 is 11.3 Å². The van der Waals surface area contributed by atoms with E-state index >= 15 is 0 Å². The Bertz CT molecular complexity index is 617. The molecule has 19 heavy (non-hydrogen) atoms. The molecule has 2 aromatic rings. The zero-order valence-electron chi connectivity index (χ0n) is 11.1. The summed E-state index contributed by atoms with van der Waals surface area (Å²) in [6, 6.07) is 10.2. The molecule has 1 aromatic heterocycles. The number of aliphatic hydroxyl groups is 1. The van der Waals surface area contributed by atoms with Crippen LogP contribution in [-0.2, 0) is 6.61 Å². The summed E-state index contributed by atoms with van der Waals surface area (Å²) in [5, 5.41) is 8.65. The number of hydrogen-bond acceptors (Lipinski definition) is 3. The SMILES string of the molecule is Cc1ccc(C)c(OCc2ccc(C#CCO)s2)c1. The summed E-state index contributed by atoms with van der Waals surface area (Å²) in [5.41, 5.74) is 2.34. The van der Waals surface area contributed by atoms with Crippen molar-refractivity contribution in [1.29, 1.82) is 0 Å². The number of benzene rings is 1. The minimum absolute atomic E-state index is 0.105. The zero-order valence-corrected chi connectivity index (χ0v) is 11.9. The van der Waals surface area contributed by atoms with E-state index in [-0.39, 0.29) is 6.61 Å². The van der Waals surface area contributed by atoms with Gasteiger partial charge in [0.1, 0.15) is 19.0 Å². The summed E-state index contributed by atoms with van der Waals surface area (Å²) in [5.74, 6) is 6.47. The molecule has 3 heteroatoms. The van der Waals surface area contributed by atoms with E-state index in [2.05, 4.69) is 37.0 Å². The van der Waals surface area contributed by atoms with Gasteiger partial charge in [-0.3, -0.25) is 0 Å². The Labute approximate surface area is 117 Å². The Hall–Kier alpha value is -1.76. The number of aliphatic hydroxyl groups excluding tert-OH is 1. The fraction of sp³-hybridized carbons (Fsp3) is 0.250. The Kier molecular flexibility index (Phi) is 4.62. The van der Waals surface area contributed by atoms with Gasteiger partial charge in [-0.2, -0.15) is 0 Å². The molecule has 2 rings (SSSR count). The van der Waals surface area contributed by atoms with E-state index in [0.717, 1.165) is 21.1 Å². The normalized spacial score (nSPS) is 9.84. The molecular weight excluding hydrogens is 256 g/mol. The molecule has 0 saturated heterocycles. The van der Waals surface area contributed by atoms with E-state index in [4.69, 9.17) is 9.84 Å². The maximum Gasteiger partial charge on any atom is 0.123 e. The van der Waals surface area contributed by atoms with Crippen LogP contribution < -0.4 is 4.74 Å². The van der Waals surface area contributed by atoms with Crippen LogP contribution in [0.1, 0.15) is 20.9 Å². The molecule has 0 spiro atoms. The van der Waals surface area contributed by atoms with Crippen LogP contribution in [0, 0.1) is 25.7 Å². The van der Waals surface area contributed by atoms with Gasteiger partial charge in [0, 0.05) is 4.88 Å². The Morgan fingerprint density at radius 2 is 2.05 bits per heavy atom. The predicted molar refractivity (Wildman–Crippen MR) is 78.5 cm³/mol. The van der Waals surface area contributed by atoms with E-state index in [1.807, 2.05) is 19.1 Å². The summed E-state index contributed by atoms with van der Waals surface area (Å²) in [4.78, 5) is 2.08. The summed E-state index contributed by atoms with van der Waals surface area (Å²) in [6.45, 7) is 4.55. The quantitative estimate of drug-likeness (QED) is 0.869. The molecule has 0 fully saturated rings. The van der Waals surface area contributed by atoms with Crippen molar-refractivity contribution in [2.24, 2.45) is 0 Å². The van der Waals surface area contributed by atoms with Crippen molar-refractivity contribution in [2.75, 3.05) is 6.61 Å². The average molecular weight is 272 g/mol. The maximum absolute atomic E-state index is 8.65. The first-order valence-electron chi connectivity index (χ1n) is 6.07. The molecule has 0 amide bonds. The van der Waals surface area contributed by atoms with Crippen LogP contribution in [0.4, 0.5) is 0 Å². The molecule has 0 bridgehead atoms. The largest absolute Gasteiger partial charge is 0.488 e. The molecule has 1 aromatic carbocycles. The van der Waals surface area contributed by atoms with Crippen LogP contribution in [0.2, 0.25) is 0 Å². The monoisotopic (exact) mass is 272 g/mol. The first-order chi connectivity index (χ1) is 9.19. The molecular formula is C16H16O2S. The van der Waals surface area contributed by atoms with Gasteiger partial charge in [0.05, 0.1) is 4.88 Å². The van der Waals surface area contributed by atoms with Gasteiger partial charge in [0.25, 0.3) is 0 Å². The summed E-state index contributed by atoms with van der Waals surface area (Å²) < 4.78 is 5.83. The van der Waals surface area contributed by atoms with Gasteiger partial charge in [0.2, 0.25) is 0 Å². The summed E-state index contributed by atoms with van der Waals surface area (Å²) >= 11 is 1.59. The van der Waals surface area contributed by atoms with Gasteiger partial charge in [0.15, 0.2) is 0 Å². The van der Waals surface area contributed by atoms with Crippen molar-refractivity contribution < 1.29 is 9.84 Å². The van der Waals surface area contributed by atoms with E-state index in [0.29, 0.717) is 6.61 Å². The minimum Gasteiger partial charge on any atom is -0.488 e. The number of thiophene rings is 1. The van der Waals surface area contributed by atoms with E-state index in [1.54, 1.807) is 11.3 Å². The lowest BCUT2D eigenvalue weighted by Gasteiger charge is -2.08. The fourth-order valence-electron chi connectivity index (χ4n) is 1.66. The first kappa shape index (κ1) is 13.7. The predicted octanol–water partition coefficient (Wildman–Crippen LogP) is 3.29. The van der Waals surface area contributed by atoms with Gasteiger partial charge < -0.3 is 9.84 Å². The Morgan fingerprint density at radius 1 is 1.21 bits per heavy atom. The van der Waals surface area contributed by atoms with Crippen molar-refractivity contribution in [3.63, 3.8) is 0 Å². The van der Waals surface area contributed by atoms with Gasteiger partial charge in [-0.1, -0.05) is 24.0 Å². The van der Waals surface area contributed by atoms with Crippen molar-refractivity contribution in [1.82, 2.24) is 0 Å². The number of ether oxygens (including phenoxy) is 1. The molecule has 0 aliphatic heterocycles. The Morgan fingerprint density at radius 3 is 2.84 bits per heavy atom. The zero-order chi connectivity index (χ0) is 13.7. The van der Waals surface area contributed by atoms with Crippen LogP contribution in [0.25, 0.3) is 0 Å². The molecule has 0 aliphatic rings. The van der Waals surface area contributed by atoms with Gasteiger partial charge in [-0.15, -0.1) is 11.3 Å². The molecule has 0 atom stereocenters. The lowest BCUT2D eigenvalue weighted by atomic mass is 10.1. The van der Waals surface area contributed by atoms with Crippen LogP contribution in [-0.4, -0.2) is 11.7 Å². The Balaban J connectivity index is 2.02. The van der Waals surface area contributed by atoms with Crippen LogP contribution in [0.15, 0.2) is 30.3 Å². The number of rotatable bonds is 3. The fourth-order valence-corrected chi connectivity index (χ4v) is 2.46. The van der Waals surface area contributed by atoms with Crippen LogP contribution in [0.5, 0.6) is 5.75 Å². The van der Waals surface area contributed by atoms with E-state index in [9.17, 15) is 0 Å². The topological polar surface area (TPSA) is 29.5 Å². The second-order valence-corrected chi connectivity index (χ2v) is 5.45. The van der Waals surface area contributed by atoms with Crippen LogP contribution >= 0.6 is 11.3 Å².